The third-order valence-electron chi connectivity index (χ3n) is 4.06. The van der Waals surface area contributed by atoms with Crippen molar-refractivity contribution in [3.8, 4) is 0 Å². The molecule has 0 aliphatic heterocycles. The fourth-order valence-corrected chi connectivity index (χ4v) is 2.85. The van der Waals surface area contributed by atoms with Crippen LogP contribution in [0.15, 0.2) is 18.2 Å². The van der Waals surface area contributed by atoms with E-state index in [0.717, 1.165) is 37.8 Å². The van der Waals surface area contributed by atoms with Gasteiger partial charge in [0.05, 0.1) is 5.69 Å². The van der Waals surface area contributed by atoms with E-state index in [1.165, 1.54) is 6.07 Å². The number of rotatable bonds is 4. The molecule has 8 heteroatoms. The number of aryl methyl sites for hydroxylation is 1. The summed E-state index contributed by atoms with van der Waals surface area (Å²) in [5.41, 5.74) is -0.442. The Morgan fingerprint density at radius 3 is 2.56 bits per heavy atom. The lowest BCUT2D eigenvalue weighted by molar-refractivity contribution is 0.102. The summed E-state index contributed by atoms with van der Waals surface area (Å²) in [4.78, 5) is 20.6. The number of carbonyl (C=O) groups excluding carboxylic acids is 1. The Balaban J connectivity index is 1.79. The van der Waals surface area contributed by atoms with Crippen LogP contribution in [-0.2, 0) is 0 Å². The number of nitrogens with one attached hydrogen (secondary N) is 2. The number of hydrogen-bond acceptors (Lipinski definition) is 4. The van der Waals surface area contributed by atoms with E-state index in [0.29, 0.717) is 17.7 Å². The molecule has 0 atom stereocenters. The molecule has 132 valence electrons. The molecule has 1 aromatic carbocycles. The van der Waals surface area contributed by atoms with Crippen molar-refractivity contribution >= 4 is 17.4 Å². The van der Waals surface area contributed by atoms with Crippen LogP contribution in [0.1, 0.15) is 42.0 Å². The fourth-order valence-electron chi connectivity index (χ4n) is 2.85. The molecule has 25 heavy (non-hydrogen) atoms. The molecule has 1 heterocycles. The van der Waals surface area contributed by atoms with Crippen LogP contribution in [0.4, 0.5) is 24.7 Å². The minimum atomic E-state index is -1.64. The third kappa shape index (κ3) is 3.89. The zero-order chi connectivity index (χ0) is 18.0. The van der Waals surface area contributed by atoms with Crippen LogP contribution in [0.5, 0.6) is 0 Å². The molecule has 1 saturated carbocycles. The Labute approximate surface area is 142 Å². The molecule has 1 aromatic heterocycles. The predicted octanol–water partition coefficient (Wildman–Crippen LogP) is 3.81. The largest absolute Gasteiger partial charge is 0.367 e. The van der Waals surface area contributed by atoms with Gasteiger partial charge in [-0.2, -0.15) is 0 Å². The van der Waals surface area contributed by atoms with Gasteiger partial charge in [-0.3, -0.25) is 4.79 Å². The molecule has 0 spiro atoms. The topological polar surface area (TPSA) is 66.9 Å². The molecule has 1 aliphatic carbocycles. The maximum absolute atomic E-state index is 13.7. The first kappa shape index (κ1) is 17.2. The Hall–Kier alpha value is -2.64. The molecule has 2 aromatic rings. The van der Waals surface area contributed by atoms with Gasteiger partial charge in [0, 0.05) is 12.1 Å². The molecular formula is C17H17F3N4O. The van der Waals surface area contributed by atoms with Crippen LogP contribution < -0.4 is 10.6 Å². The highest BCUT2D eigenvalue weighted by Crippen LogP contribution is 2.23. The van der Waals surface area contributed by atoms with Crippen molar-refractivity contribution in [1.29, 1.82) is 0 Å². The molecule has 1 aliphatic rings. The molecule has 1 fully saturated rings. The number of amides is 1. The van der Waals surface area contributed by atoms with Crippen LogP contribution in [0.2, 0.25) is 0 Å². The third-order valence-corrected chi connectivity index (χ3v) is 4.06. The van der Waals surface area contributed by atoms with Crippen molar-refractivity contribution in [2.24, 2.45) is 0 Å². The normalized spacial score (nSPS) is 14.6. The molecule has 0 unspecified atom stereocenters. The summed E-state index contributed by atoms with van der Waals surface area (Å²) >= 11 is 0. The number of hydrogen-bond donors (Lipinski definition) is 2. The van der Waals surface area contributed by atoms with Gasteiger partial charge in [-0.25, -0.2) is 23.1 Å². The predicted molar refractivity (Wildman–Crippen MR) is 86.9 cm³/mol. The molecule has 3 rings (SSSR count). The second-order valence-electron chi connectivity index (χ2n) is 5.99. The zero-order valence-corrected chi connectivity index (χ0v) is 13.6. The first-order valence-electron chi connectivity index (χ1n) is 8.01. The standard InChI is InChI=1S/C17H17F3N4O/c1-9-21-13(8-14(22-9)23-10-4-2-3-5-10)17(25)24-12-7-6-11(18)15(19)16(12)20/h6-8,10H,2-5H2,1H3,(H,24,25)(H,21,22,23). The Bertz CT molecular complexity index is 807. The summed E-state index contributed by atoms with van der Waals surface area (Å²) in [5, 5.41) is 5.46. The first-order chi connectivity index (χ1) is 11.9. The molecule has 0 radical (unpaired) electrons. The highest BCUT2D eigenvalue weighted by Gasteiger charge is 2.19. The van der Waals surface area contributed by atoms with Gasteiger partial charge in [-0.1, -0.05) is 12.8 Å². The number of anilines is 2. The summed E-state index contributed by atoms with van der Waals surface area (Å²) in [7, 11) is 0. The van der Waals surface area contributed by atoms with Gasteiger partial charge in [0.15, 0.2) is 17.5 Å². The second kappa shape index (κ2) is 7.08. The quantitative estimate of drug-likeness (QED) is 0.823. The van der Waals surface area contributed by atoms with Crippen LogP contribution >= 0.6 is 0 Å². The number of carbonyl (C=O) groups is 1. The number of halogens is 3. The Morgan fingerprint density at radius 2 is 1.84 bits per heavy atom. The minimum Gasteiger partial charge on any atom is -0.367 e. The molecule has 0 saturated heterocycles. The van der Waals surface area contributed by atoms with E-state index >= 15 is 0 Å². The van der Waals surface area contributed by atoms with Crippen LogP contribution in [0.25, 0.3) is 0 Å². The van der Waals surface area contributed by atoms with Gasteiger partial charge >= 0.3 is 0 Å². The van der Waals surface area contributed by atoms with E-state index < -0.39 is 29.0 Å². The minimum absolute atomic E-state index is 0.0112. The van der Waals surface area contributed by atoms with Crippen molar-refractivity contribution in [2.75, 3.05) is 10.6 Å². The monoisotopic (exact) mass is 350 g/mol. The van der Waals surface area contributed by atoms with Crippen LogP contribution in [0, 0.1) is 24.4 Å². The van der Waals surface area contributed by atoms with Crippen molar-refractivity contribution in [3.63, 3.8) is 0 Å². The lowest BCUT2D eigenvalue weighted by Gasteiger charge is -2.14. The molecule has 2 N–H and O–H groups in total. The second-order valence-corrected chi connectivity index (χ2v) is 5.99. The Kier molecular flexibility index (Phi) is 4.87. The SMILES string of the molecule is Cc1nc(NC2CCCC2)cc(C(=O)Nc2ccc(F)c(F)c2F)n1. The summed E-state index contributed by atoms with van der Waals surface area (Å²) in [6, 6.07) is 3.45. The van der Waals surface area contributed by atoms with Gasteiger partial charge in [0.1, 0.15) is 17.3 Å². The summed E-state index contributed by atoms with van der Waals surface area (Å²) in [6.45, 7) is 1.63. The zero-order valence-electron chi connectivity index (χ0n) is 13.6. The summed E-state index contributed by atoms with van der Waals surface area (Å²) < 4.78 is 39.9. The summed E-state index contributed by atoms with van der Waals surface area (Å²) in [5.74, 6) is -4.26. The molecule has 5 nitrogen and oxygen atoms in total. The van der Waals surface area contributed by atoms with E-state index in [1.807, 2.05) is 0 Å². The smallest absolute Gasteiger partial charge is 0.274 e. The van der Waals surface area contributed by atoms with E-state index in [2.05, 4.69) is 20.6 Å². The maximum Gasteiger partial charge on any atom is 0.274 e. The molecule has 1 amide bonds. The molecular weight excluding hydrogens is 333 g/mol. The van der Waals surface area contributed by atoms with Gasteiger partial charge in [0.25, 0.3) is 5.91 Å². The van der Waals surface area contributed by atoms with E-state index in [9.17, 15) is 18.0 Å². The van der Waals surface area contributed by atoms with E-state index in [4.69, 9.17) is 0 Å². The average molecular weight is 350 g/mol. The van der Waals surface area contributed by atoms with Crippen molar-refractivity contribution < 1.29 is 18.0 Å². The van der Waals surface area contributed by atoms with Crippen LogP contribution in [0.3, 0.4) is 0 Å². The van der Waals surface area contributed by atoms with Crippen molar-refractivity contribution in [2.45, 2.75) is 38.6 Å². The fraction of sp³-hybridized carbons (Fsp3) is 0.353. The summed E-state index contributed by atoms with van der Waals surface area (Å²) in [6.07, 6.45) is 4.35. The van der Waals surface area contributed by atoms with E-state index in [1.54, 1.807) is 6.92 Å². The number of aromatic nitrogens is 2. The lowest BCUT2D eigenvalue weighted by atomic mass is 10.2. The Morgan fingerprint density at radius 1 is 1.12 bits per heavy atom. The lowest BCUT2D eigenvalue weighted by Crippen LogP contribution is -2.19. The highest BCUT2D eigenvalue weighted by atomic mass is 19.2. The number of nitrogens with zero attached hydrogens (tertiary/aromatic N) is 2. The van der Waals surface area contributed by atoms with Gasteiger partial charge in [-0.05, 0) is 31.9 Å². The van der Waals surface area contributed by atoms with Crippen molar-refractivity contribution in [1.82, 2.24) is 9.97 Å². The van der Waals surface area contributed by atoms with Crippen LogP contribution in [-0.4, -0.2) is 21.9 Å². The average Bonchev–Trinajstić information content (AvgIpc) is 3.07. The number of benzene rings is 1. The first-order valence-corrected chi connectivity index (χ1v) is 8.01. The molecule has 0 bridgehead atoms. The van der Waals surface area contributed by atoms with Gasteiger partial charge < -0.3 is 10.6 Å². The van der Waals surface area contributed by atoms with Crippen molar-refractivity contribution in [3.05, 3.63) is 47.2 Å². The highest BCUT2D eigenvalue weighted by molar-refractivity contribution is 6.03. The van der Waals surface area contributed by atoms with Gasteiger partial charge in [0.2, 0.25) is 0 Å². The maximum atomic E-state index is 13.7. The van der Waals surface area contributed by atoms with E-state index in [-0.39, 0.29) is 5.69 Å². The van der Waals surface area contributed by atoms with Gasteiger partial charge in [-0.15, -0.1) is 0 Å².